The number of ketones is 1. The van der Waals surface area contributed by atoms with E-state index >= 15 is 0 Å². The molecular formula is C9H17NO3. The van der Waals surface area contributed by atoms with Crippen LogP contribution in [0.3, 0.4) is 0 Å². The molecule has 1 amide bonds. The molecule has 0 saturated heterocycles. The third kappa shape index (κ3) is 6.13. The smallest absolute Gasteiger partial charge is 0.410 e. The summed E-state index contributed by atoms with van der Waals surface area (Å²) in [5.74, 6) is -0.0617. The van der Waals surface area contributed by atoms with Crippen molar-refractivity contribution in [1.29, 1.82) is 0 Å². The summed E-state index contributed by atoms with van der Waals surface area (Å²) in [6, 6.07) is 0. The zero-order valence-corrected chi connectivity index (χ0v) is 8.88. The summed E-state index contributed by atoms with van der Waals surface area (Å²) >= 11 is 0. The van der Waals surface area contributed by atoms with E-state index in [-0.39, 0.29) is 12.3 Å². The van der Waals surface area contributed by atoms with Crippen LogP contribution in [0.1, 0.15) is 27.7 Å². The average molecular weight is 187 g/mol. The Hall–Kier alpha value is -1.06. The Bertz CT molecular complexity index is 205. The van der Waals surface area contributed by atoms with E-state index in [9.17, 15) is 9.59 Å². The first-order valence-electron chi connectivity index (χ1n) is 4.16. The highest BCUT2D eigenvalue weighted by atomic mass is 16.6. The fourth-order valence-electron chi connectivity index (χ4n) is 0.738. The third-order valence-corrected chi connectivity index (χ3v) is 1.17. The first kappa shape index (κ1) is 11.9. The zero-order valence-electron chi connectivity index (χ0n) is 8.88. The van der Waals surface area contributed by atoms with Crippen LogP contribution in [-0.2, 0) is 9.53 Å². The van der Waals surface area contributed by atoms with Crippen LogP contribution in [0.4, 0.5) is 4.79 Å². The van der Waals surface area contributed by atoms with Gasteiger partial charge in [-0.2, -0.15) is 0 Å². The maximum atomic E-state index is 11.2. The standard InChI is InChI=1S/C9H17NO3/c1-7(11)6-10(5)8(12)13-9(2,3)4/h6H2,1-5H3. The van der Waals surface area contributed by atoms with Gasteiger partial charge in [0.2, 0.25) is 0 Å². The van der Waals surface area contributed by atoms with E-state index < -0.39 is 11.7 Å². The molecule has 0 saturated carbocycles. The Balaban J connectivity index is 4.05. The van der Waals surface area contributed by atoms with Crippen molar-refractivity contribution >= 4 is 11.9 Å². The minimum atomic E-state index is -0.512. The van der Waals surface area contributed by atoms with Crippen molar-refractivity contribution in [3.8, 4) is 0 Å². The molecule has 0 aromatic heterocycles. The first-order chi connectivity index (χ1) is 5.72. The number of rotatable bonds is 2. The minimum Gasteiger partial charge on any atom is -0.444 e. The molecule has 4 nitrogen and oxygen atoms in total. The van der Waals surface area contributed by atoms with Crippen LogP contribution in [0, 0.1) is 0 Å². The van der Waals surface area contributed by atoms with Gasteiger partial charge in [-0.15, -0.1) is 0 Å². The van der Waals surface area contributed by atoms with Crippen molar-refractivity contribution in [2.45, 2.75) is 33.3 Å². The van der Waals surface area contributed by atoms with Crippen LogP contribution < -0.4 is 0 Å². The molecule has 13 heavy (non-hydrogen) atoms. The number of nitrogens with zero attached hydrogens (tertiary/aromatic N) is 1. The summed E-state index contributed by atoms with van der Waals surface area (Å²) in [7, 11) is 1.54. The second-order valence-electron chi connectivity index (χ2n) is 4.04. The number of carbonyl (C=O) groups excluding carboxylic acids is 2. The normalized spacial score (nSPS) is 10.8. The molecule has 0 aromatic rings. The predicted octanol–water partition coefficient (Wildman–Crippen LogP) is 1.44. The van der Waals surface area contributed by atoms with Crippen molar-refractivity contribution in [2.24, 2.45) is 0 Å². The van der Waals surface area contributed by atoms with E-state index in [2.05, 4.69) is 0 Å². The monoisotopic (exact) mass is 187 g/mol. The van der Waals surface area contributed by atoms with Crippen LogP contribution >= 0.6 is 0 Å². The van der Waals surface area contributed by atoms with Gasteiger partial charge in [0.1, 0.15) is 11.4 Å². The van der Waals surface area contributed by atoms with Crippen LogP contribution in [0.2, 0.25) is 0 Å². The van der Waals surface area contributed by atoms with Gasteiger partial charge in [0.15, 0.2) is 0 Å². The lowest BCUT2D eigenvalue weighted by atomic mass is 10.2. The third-order valence-electron chi connectivity index (χ3n) is 1.17. The number of carbonyl (C=O) groups is 2. The Morgan fingerprint density at radius 3 is 2.08 bits per heavy atom. The Kier molecular flexibility index (Phi) is 3.91. The molecule has 0 unspecified atom stereocenters. The van der Waals surface area contributed by atoms with Crippen molar-refractivity contribution in [3.63, 3.8) is 0 Å². The second-order valence-corrected chi connectivity index (χ2v) is 4.04. The molecule has 0 atom stereocenters. The molecule has 0 aromatic carbocycles. The SMILES string of the molecule is CC(=O)CN(C)C(=O)OC(C)(C)C. The van der Waals surface area contributed by atoms with Gasteiger partial charge in [-0.1, -0.05) is 0 Å². The molecule has 0 radical (unpaired) electrons. The molecular weight excluding hydrogens is 170 g/mol. The van der Waals surface area contributed by atoms with Gasteiger partial charge in [0.05, 0.1) is 6.54 Å². The summed E-state index contributed by atoms with van der Waals surface area (Å²) in [6.45, 7) is 6.88. The molecule has 0 heterocycles. The summed E-state index contributed by atoms with van der Waals surface area (Å²) < 4.78 is 5.04. The van der Waals surface area contributed by atoms with Gasteiger partial charge >= 0.3 is 6.09 Å². The zero-order chi connectivity index (χ0) is 10.6. The number of ether oxygens (including phenoxy) is 1. The van der Waals surface area contributed by atoms with E-state index in [4.69, 9.17) is 4.74 Å². The lowest BCUT2D eigenvalue weighted by molar-refractivity contribution is -0.117. The van der Waals surface area contributed by atoms with Gasteiger partial charge in [-0.25, -0.2) is 4.79 Å². The fraction of sp³-hybridized carbons (Fsp3) is 0.778. The maximum Gasteiger partial charge on any atom is 0.410 e. The summed E-state index contributed by atoms with van der Waals surface area (Å²) in [5, 5.41) is 0. The number of likely N-dealkylation sites (N-methyl/N-ethyl adjacent to an activating group) is 1. The van der Waals surface area contributed by atoms with E-state index in [1.807, 2.05) is 0 Å². The summed E-state index contributed by atoms with van der Waals surface area (Å²) in [5.41, 5.74) is -0.512. The Morgan fingerprint density at radius 2 is 1.77 bits per heavy atom. The molecule has 0 spiro atoms. The van der Waals surface area contributed by atoms with Crippen LogP contribution in [0.25, 0.3) is 0 Å². The molecule has 4 heteroatoms. The van der Waals surface area contributed by atoms with Gasteiger partial charge < -0.3 is 9.64 Å². The molecule has 76 valence electrons. The maximum absolute atomic E-state index is 11.2. The molecule has 0 aliphatic carbocycles. The van der Waals surface area contributed by atoms with Crippen molar-refractivity contribution in [3.05, 3.63) is 0 Å². The summed E-state index contributed by atoms with van der Waals surface area (Å²) in [4.78, 5) is 23.2. The molecule has 0 bridgehead atoms. The highest BCUT2D eigenvalue weighted by Gasteiger charge is 2.19. The van der Waals surface area contributed by atoms with Gasteiger partial charge in [0, 0.05) is 7.05 Å². The van der Waals surface area contributed by atoms with Crippen LogP contribution in [0.15, 0.2) is 0 Å². The van der Waals surface area contributed by atoms with Crippen LogP contribution in [-0.4, -0.2) is 36.0 Å². The van der Waals surface area contributed by atoms with E-state index in [0.29, 0.717) is 0 Å². The second kappa shape index (κ2) is 4.25. The topological polar surface area (TPSA) is 46.6 Å². The lowest BCUT2D eigenvalue weighted by Crippen LogP contribution is -2.36. The molecule has 0 N–H and O–H groups in total. The quantitative estimate of drug-likeness (QED) is 0.657. The van der Waals surface area contributed by atoms with E-state index in [1.54, 1.807) is 20.8 Å². The lowest BCUT2D eigenvalue weighted by Gasteiger charge is -2.23. The van der Waals surface area contributed by atoms with Crippen molar-refractivity contribution < 1.29 is 14.3 Å². The molecule has 0 aliphatic heterocycles. The van der Waals surface area contributed by atoms with E-state index in [1.165, 1.54) is 18.9 Å². The number of hydrogen-bond donors (Lipinski definition) is 0. The first-order valence-corrected chi connectivity index (χ1v) is 4.16. The Morgan fingerprint density at radius 1 is 1.31 bits per heavy atom. The van der Waals surface area contributed by atoms with Gasteiger partial charge in [-0.3, -0.25) is 4.79 Å². The highest BCUT2D eigenvalue weighted by Crippen LogP contribution is 2.08. The van der Waals surface area contributed by atoms with Crippen molar-refractivity contribution in [1.82, 2.24) is 4.90 Å². The number of amides is 1. The highest BCUT2D eigenvalue weighted by molar-refractivity contribution is 5.81. The fourth-order valence-corrected chi connectivity index (χ4v) is 0.738. The minimum absolute atomic E-state index is 0.0617. The van der Waals surface area contributed by atoms with E-state index in [0.717, 1.165) is 0 Å². The van der Waals surface area contributed by atoms with Gasteiger partial charge in [0.25, 0.3) is 0 Å². The number of hydrogen-bond acceptors (Lipinski definition) is 3. The molecule has 0 aliphatic rings. The van der Waals surface area contributed by atoms with Crippen molar-refractivity contribution in [2.75, 3.05) is 13.6 Å². The molecule has 0 fully saturated rings. The largest absolute Gasteiger partial charge is 0.444 e. The Labute approximate surface area is 78.9 Å². The van der Waals surface area contributed by atoms with Gasteiger partial charge in [-0.05, 0) is 27.7 Å². The van der Waals surface area contributed by atoms with Crippen LogP contribution in [0.5, 0.6) is 0 Å². The molecule has 0 rings (SSSR count). The summed E-state index contributed by atoms with van der Waals surface area (Å²) in [6.07, 6.45) is -0.470. The average Bonchev–Trinajstić information content (AvgIpc) is 1.81. The number of Topliss-reactive ketones (excluding diaryl/α,β-unsaturated/α-hetero) is 1. The predicted molar refractivity (Wildman–Crippen MR) is 49.5 cm³/mol.